The Hall–Kier alpha value is -1.83. The van der Waals surface area contributed by atoms with Crippen molar-refractivity contribution in [2.45, 2.75) is 4.34 Å². The summed E-state index contributed by atoms with van der Waals surface area (Å²) in [5.41, 5.74) is 1.07. The van der Waals surface area contributed by atoms with Gasteiger partial charge in [0.05, 0.1) is 22.4 Å². The topological polar surface area (TPSA) is 49.6 Å². The second-order valence-corrected chi connectivity index (χ2v) is 7.83. The summed E-state index contributed by atoms with van der Waals surface area (Å²) < 4.78 is 7.53. The largest absolute Gasteiger partial charge is 0.459 e. The van der Waals surface area contributed by atoms with Crippen molar-refractivity contribution in [2.75, 3.05) is 32.1 Å². The molecule has 2 aromatic heterocycles. The number of carbonyl (C=O) groups is 1. The van der Waals surface area contributed by atoms with E-state index in [9.17, 15) is 4.79 Å². The minimum Gasteiger partial charge on any atom is -0.459 e. The van der Waals surface area contributed by atoms with Gasteiger partial charge >= 0.3 is 0 Å². The fourth-order valence-electron chi connectivity index (χ4n) is 2.70. The van der Waals surface area contributed by atoms with Crippen LogP contribution in [0.2, 0.25) is 0 Å². The SMILES string of the molecule is O=C(c1ccco1)N1CCN(CSc2nc3ccccc3s2)CC1. The normalized spacial score (nSPS) is 15.9. The van der Waals surface area contributed by atoms with E-state index in [1.54, 1.807) is 35.2 Å². The molecule has 0 saturated carbocycles. The monoisotopic (exact) mass is 359 g/mol. The van der Waals surface area contributed by atoms with Crippen molar-refractivity contribution in [3.8, 4) is 0 Å². The van der Waals surface area contributed by atoms with Crippen LogP contribution in [-0.4, -0.2) is 52.7 Å². The highest BCUT2D eigenvalue weighted by Gasteiger charge is 2.23. The Labute approximate surface area is 148 Å². The number of thiazole rings is 1. The number of furan rings is 1. The Kier molecular flexibility index (Phi) is 4.55. The van der Waals surface area contributed by atoms with Crippen molar-refractivity contribution in [3.63, 3.8) is 0 Å². The van der Waals surface area contributed by atoms with Crippen LogP contribution >= 0.6 is 23.1 Å². The summed E-state index contributed by atoms with van der Waals surface area (Å²) in [5.74, 6) is 1.31. The van der Waals surface area contributed by atoms with Crippen LogP contribution in [0.1, 0.15) is 10.6 Å². The van der Waals surface area contributed by atoms with Gasteiger partial charge in [0.1, 0.15) is 0 Å². The Balaban J connectivity index is 1.29. The molecular formula is C17H17N3O2S2. The van der Waals surface area contributed by atoms with Crippen LogP contribution in [0.3, 0.4) is 0 Å². The second kappa shape index (κ2) is 6.96. The lowest BCUT2D eigenvalue weighted by Crippen LogP contribution is -2.48. The zero-order chi connectivity index (χ0) is 16.4. The fourth-order valence-corrected chi connectivity index (χ4v) is 4.77. The molecule has 1 aromatic carbocycles. The van der Waals surface area contributed by atoms with Gasteiger partial charge in [-0.15, -0.1) is 11.3 Å². The average molecular weight is 359 g/mol. The van der Waals surface area contributed by atoms with Crippen LogP contribution in [0.25, 0.3) is 10.2 Å². The van der Waals surface area contributed by atoms with Crippen LogP contribution in [0.5, 0.6) is 0 Å². The summed E-state index contributed by atoms with van der Waals surface area (Å²) in [6.45, 7) is 3.23. The van der Waals surface area contributed by atoms with Gasteiger partial charge in [-0.25, -0.2) is 4.98 Å². The summed E-state index contributed by atoms with van der Waals surface area (Å²) in [7, 11) is 0. The third-order valence-electron chi connectivity index (χ3n) is 4.04. The number of piperazine rings is 1. The molecule has 3 heterocycles. The van der Waals surface area contributed by atoms with E-state index >= 15 is 0 Å². The minimum absolute atomic E-state index is 0.0153. The number of rotatable bonds is 4. The molecule has 3 aromatic rings. The first-order chi connectivity index (χ1) is 11.8. The van der Waals surface area contributed by atoms with E-state index in [2.05, 4.69) is 22.0 Å². The number of para-hydroxylation sites is 1. The van der Waals surface area contributed by atoms with Crippen molar-refractivity contribution in [1.82, 2.24) is 14.8 Å². The van der Waals surface area contributed by atoms with Crippen molar-refractivity contribution in [1.29, 1.82) is 0 Å². The molecule has 0 atom stereocenters. The maximum absolute atomic E-state index is 12.2. The van der Waals surface area contributed by atoms with Crippen molar-refractivity contribution >= 4 is 39.2 Å². The Morgan fingerprint density at radius 3 is 2.75 bits per heavy atom. The van der Waals surface area contributed by atoms with Gasteiger partial charge in [-0.05, 0) is 24.3 Å². The molecule has 1 saturated heterocycles. The van der Waals surface area contributed by atoms with E-state index in [4.69, 9.17) is 4.42 Å². The van der Waals surface area contributed by atoms with E-state index in [-0.39, 0.29) is 5.91 Å². The lowest BCUT2D eigenvalue weighted by Gasteiger charge is -2.33. The first-order valence-electron chi connectivity index (χ1n) is 7.83. The number of aromatic nitrogens is 1. The van der Waals surface area contributed by atoms with Gasteiger partial charge in [0, 0.05) is 26.2 Å². The van der Waals surface area contributed by atoms with Gasteiger partial charge in [-0.1, -0.05) is 23.9 Å². The molecule has 1 amide bonds. The lowest BCUT2D eigenvalue weighted by molar-refractivity contribution is 0.0627. The number of benzene rings is 1. The van der Waals surface area contributed by atoms with Gasteiger partial charge in [0.15, 0.2) is 10.1 Å². The molecule has 0 radical (unpaired) electrons. The summed E-state index contributed by atoms with van der Waals surface area (Å²) in [4.78, 5) is 21.1. The fraction of sp³-hybridized carbons (Fsp3) is 0.294. The van der Waals surface area contributed by atoms with E-state index in [0.29, 0.717) is 5.76 Å². The number of amides is 1. The maximum Gasteiger partial charge on any atom is 0.289 e. The smallest absolute Gasteiger partial charge is 0.289 e. The Morgan fingerprint density at radius 1 is 1.17 bits per heavy atom. The molecule has 0 bridgehead atoms. The van der Waals surface area contributed by atoms with E-state index < -0.39 is 0 Å². The second-order valence-electron chi connectivity index (χ2n) is 5.61. The first kappa shape index (κ1) is 15.7. The molecule has 4 rings (SSSR count). The van der Waals surface area contributed by atoms with Crippen LogP contribution < -0.4 is 0 Å². The molecule has 0 unspecified atom stereocenters. The number of carbonyl (C=O) groups excluding carboxylic acids is 1. The van der Waals surface area contributed by atoms with Crippen molar-refractivity contribution in [2.24, 2.45) is 0 Å². The molecule has 0 N–H and O–H groups in total. The highest BCUT2D eigenvalue weighted by molar-refractivity contribution is 8.01. The van der Waals surface area contributed by atoms with Crippen LogP contribution in [0.15, 0.2) is 51.4 Å². The molecular weight excluding hydrogens is 342 g/mol. The van der Waals surface area contributed by atoms with E-state index in [1.807, 2.05) is 17.0 Å². The van der Waals surface area contributed by atoms with Crippen molar-refractivity contribution < 1.29 is 9.21 Å². The Bertz CT molecular complexity index is 790. The summed E-state index contributed by atoms with van der Waals surface area (Å²) in [5, 5.41) is 0. The molecule has 1 aliphatic heterocycles. The number of hydrogen-bond donors (Lipinski definition) is 0. The molecule has 0 spiro atoms. The molecule has 124 valence electrons. The summed E-state index contributed by atoms with van der Waals surface area (Å²) in [6, 6.07) is 11.7. The lowest BCUT2D eigenvalue weighted by atomic mass is 10.3. The average Bonchev–Trinajstić information content (AvgIpc) is 3.29. The number of fused-ring (bicyclic) bond motifs is 1. The zero-order valence-corrected chi connectivity index (χ0v) is 14.7. The van der Waals surface area contributed by atoms with E-state index in [0.717, 1.165) is 41.9 Å². The van der Waals surface area contributed by atoms with Gasteiger partial charge in [0.2, 0.25) is 0 Å². The predicted molar refractivity (Wildman–Crippen MR) is 96.5 cm³/mol. The van der Waals surface area contributed by atoms with Crippen LogP contribution in [-0.2, 0) is 0 Å². The van der Waals surface area contributed by atoms with Gasteiger partial charge in [0.25, 0.3) is 5.91 Å². The number of nitrogens with zero attached hydrogens (tertiary/aromatic N) is 3. The molecule has 1 fully saturated rings. The van der Waals surface area contributed by atoms with Gasteiger partial charge < -0.3 is 9.32 Å². The molecule has 7 heteroatoms. The van der Waals surface area contributed by atoms with Gasteiger partial charge in [-0.2, -0.15) is 0 Å². The van der Waals surface area contributed by atoms with Gasteiger partial charge in [-0.3, -0.25) is 9.69 Å². The molecule has 5 nitrogen and oxygen atoms in total. The Morgan fingerprint density at radius 2 is 2.00 bits per heavy atom. The number of hydrogen-bond acceptors (Lipinski definition) is 6. The summed E-state index contributed by atoms with van der Waals surface area (Å²) >= 11 is 3.51. The molecule has 1 aliphatic rings. The summed E-state index contributed by atoms with van der Waals surface area (Å²) in [6.07, 6.45) is 1.54. The van der Waals surface area contributed by atoms with E-state index in [1.165, 1.54) is 11.0 Å². The third-order valence-corrected chi connectivity index (χ3v) is 6.30. The zero-order valence-electron chi connectivity index (χ0n) is 13.1. The molecule has 0 aliphatic carbocycles. The standard InChI is InChI=1S/C17H17N3O2S2/c21-16(14-5-3-11-22-14)20-9-7-19(8-10-20)12-23-17-18-13-4-1-2-6-15(13)24-17/h1-6,11H,7-10,12H2. The van der Waals surface area contributed by atoms with Crippen LogP contribution in [0, 0.1) is 0 Å². The molecule has 24 heavy (non-hydrogen) atoms. The highest BCUT2D eigenvalue weighted by atomic mass is 32.2. The minimum atomic E-state index is -0.0153. The van der Waals surface area contributed by atoms with Crippen LogP contribution in [0.4, 0.5) is 0 Å². The third kappa shape index (κ3) is 3.33. The maximum atomic E-state index is 12.2. The van der Waals surface area contributed by atoms with Crippen molar-refractivity contribution in [3.05, 3.63) is 48.4 Å². The predicted octanol–water partition coefficient (Wildman–Crippen LogP) is 3.40. The first-order valence-corrected chi connectivity index (χ1v) is 9.63. The highest BCUT2D eigenvalue weighted by Crippen LogP contribution is 2.29. The number of thioether (sulfide) groups is 1. The quantitative estimate of drug-likeness (QED) is 0.668.